The first kappa shape index (κ1) is 15.8. The summed E-state index contributed by atoms with van der Waals surface area (Å²) in [6.07, 6.45) is 0. The predicted octanol–water partition coefficient (Wildman–Crippen LogP) is 2.22. The molecule has 0 aromatic heterocycles. The van der Waals surface area contributed by atoms with Crippen molar-refractivity contribution in [2.75, 3.05) is 16.6 Å². The number of hydrogen-bond donors (Lipinski definition) is 1. The van der Waals surface area contributed by atoms with Crippen molar-refractivity contribution in [2.24, 2.45) is 5.92 Å². The third kappa shape index (κ3) is 4.72. The van der Waals surface area contributed by atoms with Gasteiger partial charge in [0.15, 0.2) is 0 Å². The van der Waals surface area contributed by atoms with Gasteiger partial charge < -0.3 is 5.11 Å². The Hall–Kier alpha value is -1.27. The van der Waals surface area contributed by atoms with Gasteiger partial charge in [0.05, 0.1) is 11.4 Å². The number of aliphatic carboxylic acids is 1. The van der Waals surface area contributed by atoms with Crippen LogP contribution in [0, 0.1) is 5.92 Å². The van der Waals surface area contributed by atoms with Crippen LogP contribution in [0.25, 0.3) is 0 Å². The maximum atomic E-state index is 12.2. The van der Waals surface area contributed by atoms with Crippen molar-refractivity contribution in [3.8, 4) is 0 Å². The molecule has 0 bridgehead atoms. The van der Waals surface area contributed by atoms with E-state index in [0.717, 1.165) is 4.31 Å². The first-order chi connectivity index (χ1) is 8.72. The van der Waals surface area contributed by atoms with E-state index in [1.807, 2.05) is 0 Å². The van der Waals surface area contributed by atoms with Crippen molar-refractivity contribution < 1.29 is 18.3 Å². The van der Waals surface area contributed by atoms with E-state index >= 15 is 0 Å². The summed E-state index contributed by atoms with van der Waals surface area (Å²) in [5.74, 6) is -1.40. The molecule has 5 nitrogen and oxygen atoms in total. The van der Waals surface area contributed by atoms with Crippen LogP contribution >= 0.6 is 11.6 Å². The zero-order valence-electron chi connectivity index (χ0n) is 10.7. The number of rotatable bonds is 6. The number of halogens is 1. The highest BCUT2D eigenvalue weighted by Crippen LogP contribution is 2.22. The average molecular weight is 306 g/mol. The highest BCUT2D eigenvalue weighted by molar-refractivity contribution is 7.92. The number of benzene rings is 1. The lowest BCUT2D eigenvalue weighted by Gasteiger charge is -2.23. The minimum atomic E-state index is -3.67. The Kier molecular flexibility index (Phi) is 5.20. The van der Waals surface area contributed by atoms with E-state index in [4.69, 9.17) is 16.7 Å². The number of carboxylic acid groups (broad SMARTS) is 1. The molecule has 106 valence electrons. The molecule has 0 saturated heterocycles. The molecule has 7 heteroatoms. The topological polar surface area (TPSA) is 74.7 Å². The summed E-state index contributed by atoms with van der Waals surface area (Å²) in [5, 5.41) is 9.32. The van der Waals surface area contributed by atoms with Crippen molar-refractivity contribution in [1.82, 2.24) is 0 Å². The lowest BCUT2D eigenvalue weighted by atomic mass is 10.3. The standard InChI is InChI=1S/C12H16ClNO4S/c1-9(2)8-19(17,18)14(7-12(15)16)11-5-3-10(13)4-6-11/h3-6,9H,7-8H2,1-2H3,(H,15,16). The van der Waals surface area contributed by atoms with E-state index in [-0.39, 0.29) is 11.7 Å². The lowest BCUT2D eigenvalue weighted by Crippen LogP contribution is -2.38. The summed E-state index contributed by atoms with van der Waals surface area (Å²) in [6.45, 7) is 2.92. The fourth-order valence-electron chi connectivity index (χ4n) is 1.59. The zero-order chi connectivity index (χ0) is 14.6. The van der Waals surface area contributed by atoms with E-state index in [9.17, 15) is 13.2 Å². The summed E-state index contributed by atoms with van der Waals surface area (Å²) in [6, 6.07) is 6.03. The monoisotopic (exact) mass is 305 g/mol. The van der Waals surface area contributed by atoms with Crippen molar-refractivity contribution in [2.45, 2.75) is 13.8 Å². The van der Waals surface area contributed by atoms with Gasteiger partial charge in [0, 0.05) is 5.02 Å². The van der Waals surface area contributed by atoms with Crippen molar-refractivity contribution in [3.63, 3.8) is 0 Å². The molecule has 0 fully saturated rings. The normalized spacial score (nSPS) is 11.6. The Morgan fingerprint density at radius 1 is 1.32 bits per heavy atom. The fraction of sp³-hybridized carbons (Fsp3) is 0.417. The summed E-state index contributed by atoms with van der Waals surface area (Å²) < 4.78 is 25.3. The predicted molar refractivity (Wildman–Crippen MR) is 75.1 cm³/mol. The van der Waals surface area contributed by atoms with Crippen molar-refractivity contribution in [3.05, 3.63) is 29.3 Å². The molecular formula is C12H16ClNO4S. The van der Waals surface area contributed by atoms with Gasteiger partial charge >= 0.3 is 5.97 Å². The van der Waals surface area contributed by atoms with Gasteiger partial charge in [-0.05, 0) is 30.2 Å². The second-order valence-corrected chi connectivity index (χ2v) is 6.92. The van der Waals surface area contributed by atoms with E-state index in [0.29, 0.717) is 10.7 Å². The number of hydrogen-bond acceptors (Lipinski definition) is 3. The number of sulfonamides is 1. The van der Waals surface area contributed by atoms with Crippen LogP contribution in [0.2, 0.25) is 5.02 Å². The molecule has 1 aromatic carbocycles. The van der Waals surface area contributed by atoms with Gasteiger partial charge in [-0.3, -0.25) is 9.10 Å². The van der Waals surface area contributed by atoms with Gasteiger partial charge in [0.1, 0.15) is 6.54 Å². The molecule has 19 heavy (non-hydrogen) atoms. The van der Waals surface area contributed by atoms with Crippen LogP contribution in [-0.4, -0.2) is 31.8 Å². The first-order valence-electron chi connectivity index (χ1n) is 5.70. The van der Waals surface area contributed by atoms with Crippen LogP contribution in [0.15, 0.2) is 24.3 Å². The summed E-state index contributed by atoms with van der Waals surface area (Å²) in [4.78, 5) is 10.9. The van der Waals surface area contributed by atoms with E-state index in [1.165, 1.54) is 24.3 Å². The number of carbonyl (C=O) groups is 1. The molecule has 0 atom stereocenters. The second-order valence-electron chi connectivity index (χ2n) is 4.55. The van der Waals surface area contributed by atoms with Crippen LogP contribution in [-0.2, 0) is 14.8 Å². The Balaban J connectivity index is 3.14. The molecule has 0 amide bonds. The van der Waals surface area contributed by atoms with Crippen molar-refractivity contribution >= 4 is 33.3 Å². The quantitative estimate of drug-likeness (QED) is 0.874. The lowest BCUT2D eigenvalue weighted by molar-refractivity contribution is -0.135. The maximum absolute atomic E-state index is 12.2. The SMILES string of the molecule is CC(C)CS(=O)(=O)N(CC(=O)O)c1ccc(Cl)cc1. The number of anilines is 1. The highest BCUT2D eigenvalue weighted by atomic mass is 35.5. The molecule has 0 aliphatic carbocycles. The van der Waals surface area contributed by atoms with Crippen LogP contribution < -0.4 is 4.31 Å². The number of carboxylic acids is 1. The summed E-state index contributed by atoms with van der Waals surface area (Å²) in [7, 11) is -3.67. The van der Waals surface area contributed by atoms with E-state index in [2.05, 4.69) is 0 Å². The molecule has 1 aromatic rings. The molecule has 0 radical (unpaired) electrons. The Morgan fingerprint density at radius 3 is 2.26 bits per heavy atom. The summed E-state index contributed by atoms with van der Waals surface area (Å²) >= 11 is 5.74. The third-order valence-corrected chi connectivity index (χ3v) is 4.62. The van der Waals surface area contributed by atoms with Gasteiger partial charge in [-0.2, -0.15) is 0 Å². The first-order valence-corrected chi connectivity index (χ1v) is 7.69. The smallest absolute Gasteiger partial charge is 0.324 e. The van der Waals surface area contributed by atoms with Crippen molar-refractivity contribution in [1.29, 1.82) is 0 Å². The highest BCUT2D eigenvalue weighted by Gasteiger charge is 2.25. The largest absolute Gasteiger partial charge is 0.480 e. The van der Waals surface area contributed by atoms with Crippen LogP contribution in [0.3, 0.4) is 0 Å². The molecule has 0 saturated carbocycles. The maximum Gasteiger partial charge on any atom is 0.324 e. The van der Waals surface area contributed by atoms with Gasteiger partial charge in [-0.15, -0.1) is 0 Å². The Bertz CT molecular complexity index is 539. The van der Waals surface area contributed by atoms with E-state index in [1.54, 1.807) is 13.8 Å². The van der Waals surface area contributed by atoms with Crippen LogP contribution in [0.4, 0.5) is 5.69 Å². The minimum Gasteiger partial charge on any atom is -0.480 e. The van der Waals surface area contributed by atoms with Crippen LogP contribution in [0.1, 0.15) is 13.8 Å². The molecule has 1 rings (SSSR count). The van der Waals surface area contributed by atoms with Gasteiger partial charge in [-0.25, -0.2) is 8.42 Å². The zero-order valence-corrected chi connectivity index (χ0v) is 12.3. The van der Waals surface area contributed by atoms with E-state index < -0.39 is 22.5 Å². The molecule has 0 aliphatic rings. The average Bonchev–Trinajstić information content (AvgIpc) is 2.25. The molecule has 0 heterocycles. The molecule has 0 aliphatic heterocycles. The van der Waals surface area contributed by atoms with Gasteiger partial charge in [-0.1, -0.05) is 25.4 Å². The molecule has 0 unspecified atom stereocenters. The Morgan fingerprint density at radius 2 is 1.84 bits per heavy atom. The second kappa shape index (κ2) is 6.25. The Labute approximate surface area is 117 Å². The minimum absolute atomic E-state index is 0.0893. The van der Waals surface area contributed by atoms with Crippen LogP contribution in [0.5, 0.6) is 0 Å². The number of nitrogens with zero attached hydrogens (tertiary/aromatic N) is 1. The fourth-order valence-corrected chi connectivity index (χ4v) is 3.49. The molecule has 1 N–H and O–H groups in total. The molecule has 0 spiro atoms. The summed E-state index contributed by atoms with van der Waals surface area (Å²) in [5.41, 5.74) is 0.299. The molecular weight excluding hydrogens is 290 g/mol. The van der Waals surface area contributed by atoms with Gasteiger partial charge in [0.2, 0.25) is 10.0 Å². The van der Waals surface area contributed by atoms with Gasteiger partial charge in [0.25, 0.3) is 0 Å². The third-order valence-electron chi connectivity index (χ3n) is 2.27.